The zero-order valence-corrected chi connectivity index (χ0v) is 16.5. The van der Waals surface area contributed by atoms with Crippen LogP contribution in [0.4, 0.5) is 0 Å². The van der Waals surface area contributed by atoms with Crippen molar-refractivity contribution in [2.75, 3.05) is 0 Å². The third-order valence-electron chi connectivity index (χ3n) is 5.19. The molecule has 1 unspecified atom stereocenters. The Kier molecular flexibility index (Phi) is 3.93. The van der Waals surface area contributed by atoms with Crippen LogP contribution in [0.3, 0.4) is 0 Å². The third-order valence-corrected chi connectivity index (χ3v) is 7.50. The molecular weight excluding hydrogens is 368 g/mol. The van der Waals surface area contributed by atoms with E-state index in [-0.39, 0.29) is 10.8 Å². The average Bonchev–Trinajstić information content (AvgIpc) is 3.24. The SMILES string of the molecule is CC(Sc1nc2sc3c(c2c(=O)n1C)CCCC3)c1nc(C2CC2)no1. The second-order valence-corrected chi connectivity index (χ2v) is 9.57. The lowest BCUT2D eigenvalue weighted by atomic mass is 9.97. The van der Waals surface area contributed by atoms with Crippen molar-refractivity contribution >= 4 is 33.3 Å². The fraction of sp³-hybridized carbons (Fsp3) is 0.556. The molecule has 6 nitrogen and oxygen atoms in total. The fourth-order valence-electron chi connectivity index (χ4n) is 3.50. The molecule has 3 aromatic rings. The molecule has 1 saturated carbocycles. The first-order valence-corrected chi connectivity index (χ1v) is 10.8. The molecule has 0 spiro atoms. The highest BCUT2D eigenvalue weighted by atomic mass is 32.2. The molecule has 2 aliphatic carbocycles. The second kappa shape index (κ2) is 6.20. The largest absolute Gasteiger partial charge is 0.338 e. The maximum Gasteiger partial charge on any atom is 0.262 e. The van der Waals surface area contributed by atoms with Crippen molar-refractivity contribution in [3.05, 3.63) is 32.5 Å². The van der Waals surface area contributed by atoms with Crippen LogP contribution < -0.4 is 5.56 Å². The Morgan fingerprint density at radius 2 is 2.08 bits per heavy atom. The highest BCUT2D eigenvalue weighted by Gasteiger charge is 2.30. The predicted molar refractivity (Wildman–Crippen MR) is 102 cm³/mol. The van der Waals surface area contributed by atoms with Crippen LogP contribution in [-0.2, 0) is 19.9 Å². The fourth-order valence-corrected chi connectivity index (χ4v) is 5.71. The molecule has 1 atom stereocenters. The molecular formula is C18H20N4O2S2. The molecule has 136 valence electrons. The molecule has 0 aliphatic heterocycles. The van der Waals surface area contributed by atoms with Crippen LogP contribution in [-0.4, -0.2) is 19.7 Å². The normalized spacial score (nSPS) is 18.2. The standard InChI is InChI=1S/C18H20N4O2S2/c1-9(15-19-14(21-24-15)10-7-8-10)25-18-20-16-13(17(23)22(18)2)11-5-3-4-6-12(11)26-16/h9-10H,3-8H2,1-2H3. The first-order valence-electron chi connectivity index (χ1n) is 9.13. The van der Waals surface area contributed by atoms with Crippen molar-refractivity contribution in [2.24, 2.45) is 7.05 Å². The van der Waals surface area contributed by atoms with Crippen LogP contribution in [0.25, 0.3) is 10.2 Å². The lowest BCUT2D eigenvalue weighted by molar-refractivity contribution is 0.374. The van der Waals surface area contributed by atoms with Crippen LogP contribution in [0.2, 0.25) is 0 Å². The topological polar surface area (TPSA) is 73.8 Å². The smallest absolute Gasteiger partial charge is 0.262 e. The van der Waals surface area contributed by atoms with E-state index in [1.165, 1.54) is 28.6 Å². The summed E-state index contributed by atoms with van der Waals surface area (Å²) >= 11 is 3.19. The van der Waals surface area contributed by atoms with Gasteiger partial charge >= 0.3 is 0 Å². The van der Waals surface area contributed by atoms with Crippen LogP contribution in [0, 0.1) is 0 Å². The van der Waals surface area contributed by atoms with Gasteiger partial charge in [0.15, 0.2) is 11.0 Å². The van der Waals surface area contributed by atoms with E-state index in [0.29, 0.717) is 17.0 Å². The number of thiophene rings is 1. The van der Waals surface area contributed by atoms with Crippen molar-refractivity contribution < 1.29 is 4.52 Å². The summed E-state index contributed by atoms with van der Waals surface area (Å²) in [4.78, 5) is 24.5. The number of nitrogens with zero attached hydrogens (tertiary/aromatic N) is 4. The third kappa shape index (κ3) is 2.70. The van der Waals surface area contributed by atoms with Gasteiger partial charge in [0.2, 0.25) is 5.89 Å². The van der Waals surface area contributed by atoms with Gasteiger partial charge in [-0.05, 0) is 51.0 Å². The van der Waals surface area contributed by atoms with E-state index in [1.54, 1.807) is 23.0 Å². The van der Waals surface area contributed by atoms with Gasteiger partial charge in [0.05, 0.1) is 10.6 Å². The van der Waals surface area contributed by atoms with Crippen molar-refractivity contribution in [1.29, 1.82) is 0 Å². The Labute approximate surface area is 159 Å². The van der Waals surface area contributed by atoms with Crippen molar-refractivity contribution in [1.82, 2.24) is 19.7 Å². The molecule has 0 amide bonds. The van der Waals surface area contributed by atoms with E-state index in [2.05, 4.69) is 10.1 Å². The molecule has 0 bridgehead atoms. The molecule has 0 aromatic carbocycles. The predicted octanol–water partition coefficient (Wildman–Crippen LogP) is 3.99. The number of aromatic nitrogens is 4. The lowest BCUT2D eigenvalue weighted by Gasteiger charge is -2.11. The van der Waals surface area contributed by atoms with Crippen LogP contribution in [0.5, 0.6) is 0 Å². The second-order valence-electron chi connectivity index (χ2n) is 7.17. The van der Waals surface area contributed by atoms with Gasteiger partial charge in [0.25, 0.3) is 5.56 Å². The molecule has 5 rings (SSSR count). The summed E-state index contributed by atoms with van der Waals surface area (Å²) in [6.45, 7) is 2.02. The number of rotatable bonds is 4. The monoisotopic (exact) mass is 388 g/mol. The van der Waals surface area contributed by atoms with Gasteiger partial charge < -0.3 is 4.52 Å². The van der Waals surface area contributed by atoms with E-state index in [4.69, 9.17) is 9.51 Å². The minimum atomic E-state index is -0.0415. The maximum atomic E-state index is 13.0. The maximum absolute atomic E-state index is 13.0. The zero-order valence-electron chi connectivity index (χ0n) is 14.8. The van der Waals surface area contributed by atoms with E-state index in [1.807, 2.05) is 6.92 Å². The summed E-state index contributed by atoms with van der Waals surface area (Å²) in [5.74, 6) is 1.90. The molecule has 3 aromatic heterocycles. The van der Waals surface area contributed by atoms with E-state index in [9.17, 15) is 4.79 Å². The first kappa shape index (κ1) is 16.5. The van der Waals surface area contributed by atoms with Crippen molar-refractivity contribution in [3.8, 4) is 0 Å². The van der Waals surface area contributed by atoms with Gasteiger partial charge in [-0.15, -0.1) is 11.3 Å². The zero-order chi connectivity index (χ0) is 17.8. The Bertz CT molecular complexity index is 1050. The average molecular weight is 389 g/mol. The van der Waals surface area contributed by atoms with Gasteiger partial charge in [0.1, 0.15) is 4.83 Å². The molecule has 26 heavy (non-hydrogen) atoms. The van der Waals surface area contributed by atoms with Gasteiger partial charge in [-0.25, -0.2) is 4.98 Å². The van der Waals surface area contributed by atoms with Crippen LogP contribution in [0.1, 0.15) is 65.9 Å². The number of hydrogen-bond donors (Lipinski definition) is 0. The highest BCUT2D eigenvalue weighted by molar-refractivity contribution is 7.99. The molecule has 0 radical (unpaired) electrons. The quantitative estimate of drug-likeness (QED) is 0.497. The summed E-state index contributed by atoms with van der Waals surface area (Å²) in [6.07, 6.45) is 6.74. The Hall–Kier alpha value is -1.67. The first-order chi connectivity index (χ1) is 12.6. The molecule has 8 heteroatoms. The van der Waals surface area contributed by atoms with Crippen LogP contribution in [0.15, 0.2) is 14.5 Å². The van der Waals surface area contributed by atoms with E-state index < -0.39 is 0 Å². The molecule has 1 fully saturated rings. The molecule has 3 heterocycles. The Morgan fingerprint density at radius 1 is 1.27 bits per heavy atom. The lowest BCUT2D eigenvalue weighted by Crippen LogP contribution is -2.20. The molecule has 0 N–H and O–H groups in total. The number of hydrogen-bond acceptors (Lipinski definition) is 7. The van der Waals surface area contributed by atoms with E-state index >= 15 is 0 Å². The minimum Gasteiger partial charge on any atom is -0.338 e. The Balaban J connectivity index is 1.50. The summed E-state index contributed by atoms with van der Waals surface area (Å²) in [6, 6.07) is 0. The molecule has 2 aliphatic rings. The summed E-state index contributed by atoms with van der Waals surface area (Å²) in [7, 11) is 1.81. The van der Waals surface area contributed by atoms with Gasteiger partial charge in [-0.2, -0.15) is 4.98 Å². The summed E-state index contributed by atoms with van der Waals surface area (Å²) in [5, 5.41) is 5.59. The number of thioether (sulfide) groups is 1. The Morgan fingerprint density at radius 3 is 2.88 bits per heavy atom. The van der Waals surface area contributed by atoms with Gasteiger partial charge in [0, 0.05) is 17.8 Å². The van der Waals surface area contributed by atoms with Gasteiger partial charge in [-0.3, -0.25) is 9.36 Å². The van der Waals surface area contributed by atoms with Crippen LogP contribution >= 0.6 is 23.1 Å². The number of aryl methyl sites for hydroxylation is 2. The summed E-state index contributed by atoms with van der Waals surface area (Å²) in [5.41, 5.74) is 1.30. The van der Waals surface area contributed by atoms with Gasteiger partial charge in [-0.1, -0.05) is 16.9 Å². The van der Waals surface area contributed by atoms with E-state index in [0.717, 1.165) is 48.1 Å². The highest BCUT2D eigenvalue weighted by Crippen LogP contribution is 2.40. The molecule has 0 saturated heterocycles. The minimum absolute atomic E-state index is 0.0415. The van der Waals surface area contributed by atoms with Crippen molar-refractivity contribution in [3.63, 3.8) is 0 Å². The summed E-state index contributed by atoms with van der Waals surface area (Å²) < 4.78 is 7.10. The number of fused-ring (bicyclic) bond motifs is 3. The van der Waals surface area contributed by atoms with Crippen molar-refractivity contribution in [2.45, 2.75) is 61.8 Å².